The fourth-order valence-electron chi connectivity index (χ4n) is 3.00. The fourth-order valence-corrected chi connectivity index (χ4v) is 3.00. The number of carbonyl (C=O) groups is 2. The normalized spacial score (nSPS) is 17.6. The number of amides is 3. The summed E-state index contributed by atoms with van der Waals surface area (Å²) in [5.41, 5.74) is 0.929. The Labute approximate surface area is 148 Å². The highest BCUT2D eigenvalue weighted by Crippen LogP contribution is 2.23. The van der Waals surface area contributed by atoms with Crippen LogP contribution in [0.15, 0.2) is 6.20 Å². The number of nitrogens with zero attached hydrogens (tertiary/aromatic N) is 3. The molecule has 1 atom stereocenters. The largest absolute Gasteiger partial charge is 0.373 e. The molecule has 1 unspecified atom stereocenters. The van der Waals surface area contributed by atoms with Gasteiger partial charge in [-0.3, -0.25) is 10.1 Å². The predicted molar refractivity (Wildman–Crippen MR) is 95.6 cm³/mol. The number of hydrogen-bond donors (Lipinski definition) is 2. The minimum Gasteiger partial charge on any atom is -0.373 e. The second-order valence-electron chi connectivity index (χ2n) is 6.38. The van der Waals surface area contributed by atoms with E-state index in [1.54, 1.807) is 18.0 Å². The van der Waals surface area contributed by atoms with Gasteiger partial charge in [-0.15, -0.1) is 0 Å². The number of nitrogens with one attached hydrogen (secondary N) is 2. The Morgan fingerprint density at radius 1 is 1.40 bits per heavy atom. The van der Waals surface area contributed by atoms with Crippen LogP contribution in [-0.2, 0) is 9.53 Å². The van der Waals surface area contributed by atoms with E-state index in [0.29, 0.717) is 26.2 Å². The second-order valence-corrected chi connectivity index (χ2v) is 6.38. The topological polar surface area (TPSA) is 88.5 Å². The van der Waals surface area contributed by atoms with Crippen molar-refractivity contribution >= 4 is 17.8 Å². The van der Waals surface area contributed by atoms with Gasteiger partial charge in [-0.2, -0.15) is 5.10 Å². The molecule has 1 aromatic heterocycles. The number of rotatable bonds is 6. The lowest BCUT2D eigenvalue weighted by atomic mass is 10.2. The predicted octanol–water partition coefficient (Wildman–Crippen LogP) is 1.92. The van der Waals surface area contributed by atoms with Crippen LogP contribution in [0.25, 0.3) is 0 Å². The Bertz CT molecular complexity index is 597. The van der Waals surface area contributed by atoms with E-state index in [-0.39, 0.29) is 24.1 Å². The van der Waals surface area contributed by atoms with Gasteiger partial charge in [0.05, 0.1) is 24.9 Å². The first-order valence-electron chi connectivity index (χ1n) is 8.92. The molecule has 0 aromatic carbocycles. The first-order chi connectivity index (χ1) is 12.0. The Morgan fingerprint density at radius 3 is 2.76 bits per heavy atom. The van der Waals surface area contributed by atoms with Crippen LogP contribution in [0.2, 0.25) is 0 Å². The number of morpholine rings is 1. The zero-order valence-electron chi connectivity index (χ0n) is 15.5. The van der Waals surface area contributed by atoms with Crippen LogP contribution in [0, 0.1) is 6.92 Å². The molecule has 3 amide bonds. The number of carbonyl (C=O) groups excluding carboxylic acids is 2. The van der Waals surface area contributed by atoms with Crippen molar-refractivity contribution in [2.45, 2.75) is 52.7 Å². The SMILES string of the molecule is CCC(CC)n1ncc(C)c1NC(=O)NCC1CN(C(C)=O)CCO1. The molecule has 0 aliphatic carbocycles. The van der Waals surface area contributed by atoms with Gasteiger partial charge in [0, 0.05) is 32.1 Å². The van der Waals surface area contributed by atoms with Crippen LogP contribution in [0.1, 0.15) is 45.2 Å². The first kappa shape index (κ1) is 19.2. The third-order valence-corrected chi connectivity index (χ3v) is 4.57. The molecule has 1 fully saturated rings. The number of anilines is 1. The number of aromatic nitrogens is 2. The van der Waals surface area contributed by atoms with Crippen molar-refractivity contribution in [3.63, 3.8) is 0 Å². The van der Waals surface area contributed by atoms with Crippen LogP contribution in [0.3, 0.4) is 0 Å². The Morgan fingerprint density at radius 2 is 2.12 bits per heavy atom. The van der Waals surface area contributed by atoms with Gasteiger partial charge in [0.25, 0.3) is 0 Å². The lowest BCUT2D eigenvalue weighted by Crippen LogP contribution is -2.49. The molecule has 0 spiro atoms. The van der Waals surface area contributed by atoms with E-state index in [9.17, 15) is 9.59 Å². The van der Waals surface area contributed by atoms with Gasteiger partial charge >= 0.3 is 6.03 Å². The van der Waals surface area contributed by atoms with E-state index in [4.69, 9.17) is 4.74 Å². The van der Waals surface area contributed by atoms with Crippen molar-refractivity contribution in [3.05, 3.63) is 11.8 Å². The highest BCUT2D eigenvalue weighted by Gasteiger charge is 2.23. The molecule has 2 N–H and O–H groups in total. The molecule has 0 bridgehead atoms. The van der Waals surface area contributed by atoms with E-state index in [2.05, 4.69) is 29.6 Å². The molecule has 1 saturated heterocycles. The van der Waals surface area contributed by atoms with E-state index < -0.39 is 0 Å². The van der Waals surface area contributed by atoms with Crippen molar-refractivity contribution < 1.29 is 14.3 Å². The Kier molecular flexibility index (Phi) is 6.81. The number of ether oxygens (including phenoxy) is 1. The van der Waals surface area contributed by atoms with Crippen molar-refractivity contribution in [1.29, 1.82) is 0 Å². The number of aryl methyl sites for hydroxylation is 1. The molecule has 2 heterocycles. The van der Waals surface area contributed by atoms with Gasteiger partial charge in [0.2, 0.25) is 5.91 Å². The maximum absolute atomic E-state index is 12.3. The molecule has 0 radical (unpaired) electrons. The minimum atomic E-state index is -0.292. The number of urea groups is 1. The summed E-state index contributed by atoms with van der Waals surface area (Å²) in [6, 6.07) is -0.0332. The average Bonchev–Trinajstić information content (AvgIpc) is 2.95. The van der Waals surface area contributed by atoms with Crippen LogP contribution in [0.4, 0.5) is 10.6 Å². The van der Waals surface area contributed by atoms with Crippen molar-refractivity contribution in [2.24, 2.45) is 0 Å². The van der Waals surface area contributed by atoms with E-state index in [1.165, 1.54) is 0 Å². The molecule has 25 heavy (non-hydrogen) atoms. The maximum atomic E-state index is 12.3. The van der Waals surface area contributed by atoms with E-state index in [0.717, 1.165) is 24.2 Å². The zero-order valence-corrected chi connectivity index (χ0v) is 15.5. The smallest absolute Gasteiger partial charge is 0.320 e. The van der Waals surface area contributed by atoms with Crippen molar-refractivity contribution in [2.75, 3.05) is 31.6 Å². The summed E-state index contributed by atoms with van der Waals surface area (Å²) in [4.78, 5) is 25.5. The van der Waals surface area contributed by atoms with E-state index in [1.807, 2.05) is 11.6 Å². The second kappa shape index (κ2) is 8.84. The quantitative estimate of drug-likeness (QED) is 0.819. The molecule has 1 aliphatic rings. The summed E-state index contributed by atoms with van der Waals surface area (Å²) < 4.78 is 7.49. The number of hydrogen-bond acceptors (Lipinski definition) is 4. The zero-order chi connectivity index (χ0) is 18.4. The summed E-state index contributed by atoms with van der Waals surface area (Å²) in [6.07, 6.45) is 3.48. The Balaban J connectivity index is 1.90. The van der Waals surface area contributed by atoms with Crippen LogP contribution in [0.5, 0.6) is 0 Å². The summed E-state index contributed by atoms with van der Waals surface area (Å²) in [5, 5.41) is 10.1. The molecule has 0 saturated carbocycles. The van der Waals surface area contributed by atoms with Crippen LogP contribution < -0.4 is 10.6 Å². The van der Waals surface area contributed by atoms with Crippen LogP contribution >= 0.6 is 0 Å². The highest BCUT2D eigenvalue weighted by atomic mass is 16.5. The lowest BCUT2D eigenvalue weighted by molar-refractivity contribution is -0.136. The molecule has 8 nitrogen and oxygen atoms in total. The van der Waals surface area contributed by atoms with Gasteiger partial charge < -0.3 is 15.0 Å². The average molecular weight is 351 g/mol. The monoisotopic (exact) mass is 351 g/mol. The first-order valence-corrected chi connectivity index (χ1v) is 8.92. The molecule has 1 aromatic rings. The Hall–Kier alpha value is -2.09. The summed E-state index contributed by atoms with van der Waals surface area (Å²) in [7, 11) is 0. The summed E-state index contributed by atoms with van der Waals surface area (Å²) in [6.45, 7) is 9.64. The molecule has 2 rings (SSSR count). The standard InChI is InChI=1S/C17H29N5O3/c1-5-14(6-2)22-16(12(3)9-19-22)20-17(24)18-10-15-11-21(13(4)23)7-8-25-15/h9,14-15H,5-8,10-11H2,1-4H3,(H2,18,20,24). The minimum absolute atomic E-state index is 0.0300. The lowest BCUT2D eigenvalue weighted by Gasteiger charge is -2.32. The molecule has 140 valence electrons. The highest BCUT2D eigenvalue weighted by molar-refractivity contribution is 5.89. The van der Waals surface area contributed by atoms with Gasteiger partial charge in [0.15, 0.2) is 0 Å². The van der Waals surface area contributed by atoms with Crippen molar-refractivity contribution in [3.8, 4) is 0 Å². The molecular formula is C17H29N5O3. The van der Waals surface area contributed by atoms with Gasteiger partial charge in [-0.05, 0) is 19.8 Å². The molecule has 8 heteroatoms. The molecular weight excluding hydrogens is 322 g/mol. The molecule has 1 aliphatic heterocycles. The summed E-state index contributed by atoms with van der Waals surface area (Å²) >= 11 is 0. The van der Waals surface area contributed by atoms with Crippen LogP contribution in [-0.4, -0.2) is 59.0 Å². The van der Waals surface area contributed by atoms with E-state index >= 15 is 0 Å². The van der Waals surface area contributed by atoms with Gasteiger partial charge in [-0.25, -0.2) is 9.48 Å². The van der Waals surface area contributed by atoms with Gasteiger partial charge in [0.1, 0.15) is 5.82 Å². The fraction of sp³-hybridized carbons (Fsp3) is 0.706. The van der Waals surface area contributed by atoms with Crippen molar-refractivity contribution in [1.82, 2.24) is 20.0 Å². The third-order valence-electron chi connectivity index (χ3n) is 4.57. The van der Waals surface area contributed by atoms with Gasteiger partial charge in [-0.1, -0.05) is 13.8 Å². The maximum Gasteiger partial charge on any atom is 0.320 e. The third kappa shape index (κ3) is 4.94. The summed E-state index contributed by atoms with van der Waals surface area (Å²) in [5.74, 6) is 0.753.